The van der Waals surface area contributed by atoms with E-state index in [1.54, 1.807) is 0 Å². The Balaban J connectivity index is 1.97. The number of carboxylic acids is 1. The predicted molar refractivity (Wildman–Crippen MR) is 125 cm³/mol. The molecule has 1 heterocycles. The zero-order valence-corrected chi connectivity index (χ0v) is 19.1. The second-order valence-electron chi connectivity index (χ2n) is 8.76. The van der Waals surface area contributed by atoms with Crippen molar-refractivity contribution >= 4 is 18.2 Å². The third-order valence-electron chi connectivity index (χ3n) is 5.94. The molecule has 2 aromatic rings. The van der Waals surface area contributed by atoms with Gasteiger partial charge in [-0.1, -0.05) is 68.4 Å². The third kappa shape index (κ3) is 6.06. The molecule has 1 saturated heterocycles. The molecule has 2 aromatic carbocycles. The lowest BCUT2D eigenvalue weighted by molar-refractivity contribution is -0.141. The fraction of sp³-hybridized carbons (Fsp3) is 0.423. The van der Waals surface area contributed by atoms with Crippen LogP contribution in [0.2, 0.25) is 0 Å². The SMILES string of the molecule is CC(C)[C@H](NC1(c2ccccc2-c2ccccc2)CCCCO1)C(=O)N[C@H](C=O)CC(=O)O. The van der Waals surface area contributed by atoms with Crippen LogP contribution in [-0.4, -0.2) is 42.0 Å². The maximum absolute atomic E-state index is 13.2. The molecule has 0 saturated carbocycles. The third-order valence-corrected chi connectivity index (χ3v) is 5.94. The Hall–Kier alpha value is -3.03. The fourth-order valence-electron chi connectivity index (χ4n) is 4.28. The summed E-state index contributed by atoms with van der Waals surface area (Å²) in [7, 11) is 0. The number of aldehydes is 1. The first-order chi connectivity index (χ1) is 15.9. The van der Waals surface area contributed by atoms with Gasteiger partial charge in [-0.2, -0.15) is 0 Å². The Morgan fingerprint density at radius 3 is 2.39 bits per heavy atom. The summed E-state index contributed by atoms with van der Waals surface area (Å²) in [6, 6.07) is 16.3. The highest BCUT2D eigenvalue weighted by atomic mass is 16.5. The van der Waals surface area contributed by atoms with Crippen molar-refractivity contribution in [1.82, 2.24) is 10.6 Å². The van der Waals surface area contributed by atoms with Crippen LogP contribution >= 0.6 is 0 Å². The van der Waals surface area contributed by atoms with Crippen LogP contribution in [-0.2, 0) is 24.8 Å². The maximum atomic E-state index is 13.2. The van der Waals surface area contributed by atoms with Gasteiger partial charge in [-0.15, -0.1) is 0 Å². The molecule has 0 aliphatic carbocycles. The molecule has 3 rings (SSSR count). The molecule has 176 valence electrons. The highest BCUT2D eigenvalue weighted by molar-refractivity contribution is 5.86. The van der Waals surface area contributed by atoms with Gasteiger partial charge in [-0.05, 0) is 36.3 Å². The van der Waals surface area contributed by atoms with Crippen LogP contribution in [0.5, 0.6) is 0 Å². The lowest BCUT2D eigenvalue weighted by Crippen LogP contribution is -2.59. The number of amides is 1. The summed E-state index contributed by atoms with van der Waals surface area (Å²) < 4.78 is 6.39. The molecule has 0 bridgehead atoms. The summed E-state index contributed by atoms with van der Waals surface area (Å²) in [6.07, 6.45) is 2.54. The van der Waals surface area contributed by atoms with Crippen LogP contribution in [0.15, 0.2) is 54.6 Å². The molecular weight excluding hydrogens is 420 g/mol. The normalized spacial score (nSPS) is 20.1. The summed E-state index contributed by atoms with van der Waals surface area (Å²) in [4.78, 5) is 35.5. The minimum absolute atomic E-state index is 0.131. The molecule has 3 atom stereocenters. The van der Waals surface area contributed by atoms with Gasteiger partial charge < -0.3 is 20.0 Å². The summed E-state index contributed by atoms with van der Waals surface area (Å²) in [5.41, 5.74) is 2.14. The van der Waals surface area contributed by atoms with Crippen molar-refractivity contribution in [3.8, 4) is 11.1 Å². The van der Waals surface area contributed by atoms with E-state index in [9.17, 15) is 14.4 Å². The summed E-state index contributed by atoms with van der Waals surface area (Å²) in [6.45, 7) is 4.37. The number of carboxylic acid groups (broad SMARTS) is 1. The number of carbonyl (C=O) groups is 3. The Morgan fingerprint density at radius 2 is 1.79 bits per heavy atom. The Labute approximate surface area is 194 Å². The van der Waals surface area contributed by atoms with Crippen molar-refractivity contribution in [1.29, 1.82) is 0 Å². The van der Waals surface area contributed by atoms with Crippen LogP contribution in [0.3, 0.4) is 0 Å². The smallest absolute Gasteiger partial charge is 0.305 e. The quantitative estimate of drug-likeness (QED) is 0.477. The molecular formula is C26H32N2O5. The monoisotopic (exact) mass is 452 g/mol. The van der Waals surface area contributed by atoms with Gasteiger partial charge in [0.2, 0.25) is 5.91 Å². The van der Waals surface area contributed by atoms with Crippen LogP contribution in [0.1, 0.15) is 45.1 Å². The van der Waals surface area contributed by atoms with Gasteiger partial charge in [0, 0.05) is 12.2 Å². The molecule has 1 unspecified atom stereocenters. The average molecular weight is 453 g/mol. The number of carbonyl (C=O) groups excluding carboxylic acids is 2. The number of benzene rings is 2. The van der Waals surface area contributed by atoms with Gasteiger partial charge >= 0.3 is 5.97 Å². The van der Waals surface area contributed by atoms with E-state index in [0.717, 1.165) is 29.5 Å². The zero-order chi connectivity index (χ0) is 23.8. The lowest BCUT2D eigenvalue weighted by atomic mass is 9.86. The molecule has 33 heavy (non-hydrogen) atoms. The standard InChI is InChI=1S/C26H32N2O5/c1-18(2)24(25(32)27-20(17-29)16-23(30)31)28-26(14-8-9-15-33-26)22-13-7-6-12-21(22)19-10-4-3-5-11-19/h3-7,10-13,17-18,20,24,28H,8-9,14-16H2,1-2H3,(H,27,32)(H,30,31)/t20-,24-,26?/m0/s1. The Bertz CT molecular complexity index is 954. The van der Waals surface area contributed by atoms with Crippen molar-refractivity contribution in [2.24, 2.45) is 5.92 Å². The molecule has 3 N–H and O–H groups in total. The summed E-state index contributed by atoms with van der Waals surface area (Å²) in [5.74, 6) is -1.70. The lowest BCUT2D eigenvalue weighted by Gasteiger charge is -2.43. The molecule has 7 heteroatoms. The fourth-order valence-corrected chi connectivity index (χ4v) is 4.28. The molecule has 1 amide bonds. The number of hydrogen-bond donors (Lipinski definition) is 3. The molecule has 1 aliphatic heterocycles. The molecule has 0 spiro atoms. The maximum Gasteiger partial charge on any atom is 0.305 e. The van der Waals surface area contributed by atoms with E-state index in [1.807, 2.05) is 68.4 Å². The molecule has 1 fully saturated rings. The van der Waals surface area contributed by atoms with E-state index in [-0.39, 0.29) is 5.92 Å². The van der Waals surface area contributed by atoms with E-state index in [1.165, 1.54) is 0 Å². The topological polar surface area (TPSA) is 105 Å². The van der Waals surface area contributed by atoms with Gasteiger partial charge in [0.25, 0.3) is 0 Å². The minimum Gasteiger partial charge on any atom is -0.481 e. The van der Waals surface area contributed by atoms with Crippen LogP contribution < -0.4 is 10.6 Å². The van der Waals surface area contributed by atoms with Crippen LogP contribution in [0.25, 0.3) is 11.1 Å². The molecule has 0 aromatic heterocycles. The molecule has 0 radical (unpaired) electrons. The number of hydrogen-bond acceptors (Lipinski definition) is 5. The number of nitrogens with one attached hydrogen (secondary N) is 2. The van der Waals surface area contributed by atoms with Gasteiger partial charge in [-0.25, -0.2) is 0 Å². The summed E-state index contributed by atoms with van der Waals surface area (Å²) in [5, 5.41) is 15.1. The first-order valence-corrected chi connectivity index (χ1v) is 11.4. The van der Waals surface area contributed by atoms with E-state index in [4.69, 9.17) is 9.84 Å². The largest absolute Gasteiger partial charge is 0.481 e. The van der Waals surface area contributed by atoms with E-state index in [0.29, 0.717) is 19.3 Å². The summed E-state index contributed by atoms with van der Waals surface area (Å²) >= 11 is 0. The van der Waals surface area contributed by atoms with Crippen molar-refractivity contribution < 1.29 is 24.2 Å². The van der Waals surface area contributed by atoms with Gasteiger partial charge in [-0.3, -0.25) is 14.9 Å². The number of ether oxygens (including phenoxy) is 1. The minimum atomic E-state index is -1.15. The highest BCUT2D eigenvalue weighted by Crippen LogP contribution is 2.39. The van der Waals surface area contributed by atoms with Gasteiger partial charge in [0.15, 0.2) is 0 Å². The Kier molecular flexibility index (Phi) is 8.36. The van der Waals surface area contributed by atoms with Crippen molar-refractivity contribution in [3.05, 3.63) is 60.2 Å². The first kappa shape index (κ1) is 24.6. The average Bonchev–Trinajstić information content (AvgIpc) is 2.82. The van der Waals surface area contributed by atoms with E-state index < -0.39 is 36.1 Å². The second kappa shape index (κ2) is 11.2. The van der Waals surface area contributed by atoms with Crippen molar-refractivity contribution in [2.45, 2.75) is 57.3 Å². The molecule has 7 nitrogen and oxygen atoms in total. The van der Waals surface area contributed by atoms with Crippen LogP contribution in [0.4, 0.5) is 0 Å². The van der Waals surface area contributed by atoms with Crippen LogP contribution in [0, 0.1) is 5.92 Å². The Morgan fingerprint density at radius 1 is 1.09 bits per heavy atom. The van der Waals surface area contributed by atoms with Gasteiger partial charge in [0.05, 0.1) is 18.5 Å². The highest BCUT2D eigenvalue weighted by Gasteiger charge is 2.41. The second-order valence-corrected chi connectivity index (χ2v) is 8.76. The number of aliphatic carboxylic acids is 1. The van der Waals surface area contributed by atoms with Gasteiger partial charge in [0.1, 0.15) is 12.0 Å². The predicted octanol–water partition coefficient (Wildman–Crippen LogP) is 3.48. The van der Waals surface area contributed by atoms with Crippen molar-refractivity contribution in [3.63, 3.8) is 0 Å². The van der Waals surface area contributed by atoms with E-state index in [2.05, 4.69) is 10.6 Å². The van der Waals surface area contributed by atoms with Crippen molar-refractivity contribution in [2.75, 3.05) is 6.61 Å². The van der Waals surface area contributed by atoms with E-state index >= 15 is 0 Å². The first-order valence-electron chi connectivity index (χ1n) is 11.4. The number of rotatable bonds is 10. The molecule has 1 aliphatic rings. The zero-order valence-electron chi connectivity index (χ0n) is 19.1.